The molecule has 1 saturated heterocycles. The third-order valence-electron chi connectivity index (χ3n) is 23.7. The summed E-state index contributed by atoms with van der Waals surface area (Å²) in [6.07, 6.45) is 21.1. The highest BCUT2D eigenvalue weighted by Gasteiger charge is 2.64. The van der Waals surface area contributed by atoms with Crippen molar-refractivity contribution in [2.24, 2.45) is 80.8 Å². The van der Waals surface area contributed by atoms with Gasteiger partial charge in [0.15, 0.2) is 5.79 Å². The van der Waals surface area contributed by atoms with E-state index in [1.807, 2.05) is 0 Å². The molecular weight excluding hydrogens is 957 g/mol. The zero-order chi connectivity index (χ0) is 54.6. The minimum Gasteiger partial charge on any atom is -0.494 e. The second-order valence-electron chi connectivity index (χ2n) is 29.4. The van der Waals surface area contributed by atoms with E-state index in [0.717, 1.165) is 133 Å². The molecular formula is C68H104N2O7. The lowest BCUT2D eigenvalue weighted by molar-refractivity contribution is -0.229. The normalized spacial score (nSPS) is 37.3. The van der Waals surface area contributed by atoms with Crippen LogP contribution in [0.15, 0.2) is 48.5 Å². The van der Waals surface area contributed by atoms with Crippen LogP contribution >= 0.6 is 0 Å². The molecule has 11 rings (SSSR count). The first-order chi connectivity index (χ1) is 36.6. The van der Waals surface area contributed by atoms with Crippen LogP contribution in [0.2, 0.25) is 0 Å². The molecule has 0 radical (unpaired) electrons. The molecule has 1 aliphatic heterocycles. The summed E-state index contributed by atoms with van der Waals surface area (Å²) < 4.78 is 25.1. The number of aliphatic hydroxyl groups excluding tert-OH is 1. The first-order valence-electron chi connectivity index (χ1n) is 31.6. The summed E-state index contributed by atoms with van der Waals surface area (Å²) >= 11 is 0. The number of ketones is 2. The number of ether oxygens (including phenoxy) is 4. The Balaban J connectivity index is 0.000000175. The predicted octanol–water partition coefficient (Wildman–Crippen LogP) is 14.2. The number of benzene rings is 2. The second-order valence-corrected chi connectivity index (χ2v) is 29.4. The number of fused-ring (bicyclic) bond motifs is 10. The molecule has 2 aromatic rings. The predicted molar refractivity (Wildman–Crippen MR) is 308 cm³/mol. The molecule has 8 aliphatic carbocycles. The van der Waals surface area contributed by atoms with Crippen molar-refractivity contribution in [3.05, 3.63) is 59.7 Å². The molecule has 0 bridgehead atoms. The third-order valence-corrected chi connectivity index (χ3v) is 23.7. The van der Waals surface area contributed by atoms with E-state index >= 15 is 0 Å². The average Bonchev–Trinajstić information content (AvgIpc) is 4.21. The number of carbonyl (C=O) groups excluding carboxylic acids is 2. The molecule has 77 heavy (non-hydrogen) atoms. The van der Waals surface area contributed by atoms with Crippen LogP contribution < -0.4 is 20.1 Å². The highest BCUT2D eigenvalue weighted by Crippen LogP contribution is 2.69. The Morgan fingerprint density at radius 3 is 1.82 bits per heavy atom. The first kappa shape index (κ1) is 57.4. The minimum absolute atomic E-state index is 0.00451. The lowest BCUT2D eigenvalue weighted by Gasteiger charge is -2.61. The molecule has 8 unspecified atom stereocenters. The second kappa shape index (κ2) is 22.5. The summed E-state index contributed by atoms with van der Waals surface area (Å²) in [6.45, 7) is 27.8. The summed E-state index contributed by atoms with van der Waals surface area (Å²) in [7, 11) is 0. The summed E-state index contributed by atoms with van der Waals surface area (Å²) in [5, 5.41) is 18.7. The number of nitrogens with one attached hydrogen (secondary N) is 2. The van der Waals surface area contributed by atoms with Crippen molar-refractivity contribution in [1.29, 1.82) is 0 Å². The van der Waals surface area contributed by atoms with Gasteiger partial charge in [-0.05, 0) is 242 Å². The zero-order valence-corrected chi connectivity index (χ0v) is 49.8. The molecule has 0 aromatic heterocycles. The summed E-state index contributed by atoms with van der Waals surface area (Å²) in [5.41, 5.74) is 2.78. The van der Waals surface area contributed by atoms with Crippen LogP contribution in [-0.4, -0.2) is 68.1 Å². The van der Waals surface area contributed by atoms with Crippen molar-refractivity contribution in [2.45, 2.75) is 221 Å². The van der Waals surface area contributed by atoms with Gasteiger partial charge in [-0.3, -0.25) is 9.59 Å². The van der Waals surface area contributed by atoms with Crippen LogP contribution in [0.1, 0.15) is 209 Å². The molecule has 9 nitrogen and oxygen atoms in total. The van der Waals surface area contributed by atoms with E-state index < -0.39 is 0 Å². The zero-order valence-electron chi connectivity index (χ0n) is 49.8. The quantitative estimate of drug-likeness (QED) is 0.151. The Hall–Kier alpha value is -2.82. The molecule has 2 aromatic carbocycles. The number of hydrogen-bond acceptors (Lipinski definition) is 9. The van der Waals surface area contributed by atoms with Crippen LogP contribution in [0.3, 0.4) is 0 Å². The fourth-order valence-electron chi connectivity index (χ4n) is 19.1. The SMILES string of the molecule is CC(C)CNC(C)(C)c1cccc(OCC[C@]23CCC4C(CCC5CC(=O)CC[C@@]54C)C2CC[C@@H]3O)c1.CC(C)CNC(C)(C)c1cccc(OCC[C@]23CCC4C(CCC5CC6(CC[C@@]54C)OCCO6)C2CCC3=O)c1. The van der Waals surface area contributed by atoms with Crippen molar-refractivity contribution in [3.8, 4) is 11.5 Å². The summed E-state index contributed by atoms with van der Waals surface area (Å²) in [5.74, 6) is 9.02. The van der Waals surface area contributed by atoms with E-state index in [0.29, 0.717) is 83.0 Å². The lowest BCUT2D eigenvalue weighted by Crippen LogP contribution is -2.56. The van der Waals surface area contributed by atoms with E-state index in [4.69, 9.17) is 18.9 Å². The Bertz CT molecular complexity index is 2370. The van der Waals surface area contributed by atoms with Crippen LogP contribution in [0, 0.1) is 80.8 Å². The Morgan fingerprint density at radius 1 is 0.623 bits per heavy atom. The van der Waals surface area contributed by atoms with E-state index in [1.54, 1.807) is 0 Å². The molecule has 8 saturated carbocycles. The maximum atomic E-state index is 13.6. The van der Waals surface area contributed by atoms with Gasteiger partial charge in [0.25, 0.3) is 0 Å². The molecule has 0 amide bonds. The van der Waals surface area contributed by atoms with Crippen LogP contribution in [-0.2, 0) is 30.1 Å². The van der Waals surface area contributed by atoms with Gasteiger partial charge in [-0.2, -0.15) is 0 Å². The van der Waals surface area contributed by atoms with Gasteiger partial charge in [-0.15, -0.1) is 0 Å². The van der Waals surface area contributed by atoms with Gasteiger partial charge in [-0.1, -0.05) is 65.8 Å². The maximum absolute atomic E-state index is 13.6. The number of aliphatic hydroxyl groups is 1. The van der Waals surface area contributed by atoms with Crippen molar-refractivity contribution in [1.82, 2.24) is 10.6 Å². The standard InChI is InChI=1S/C35H53NO4.C33H51NO3/c1-24(2)23-36-32(3,4)25-7-6-8-27(21-25)38-18-17-34-14-13-29-28(30(34)11-12-31(34)37)10-9-26-22-35(39-19-20-40-35)16-15-33(26,29)5;1-22(2)21-34-31(3,4)23-7-6-8-26(20-23)37-18-17-33-16-14-28-27(29(33)11-12-30(33)36)10-9-24-19-25(35)13-15-32(24,28)5/h6-8,21,24,26,28-30,36H,9-20,22-23H2,1-5H3;6-8,20,22,24,27-30,34,36H,9-19,21H2,1-5H3/t26?,28?,29?,30?,33-,34+;24?,27?,28?,29?,30-,32-,33+/m00/s1. The highest BCUT2D eigenvalue weighted by molar-refractivity contribution is 5.87. The van der Waals surface area contributed by atoms with Gasteiger partial charge in [0.1, 0.15) is 23.1 Å². The van der Waals surface area contributed by atoms with Crippen molar-refractivity contribution in [2.75, 3.05) is 39.5 Å². The lowest BCUT2D eigenvalue weighted by atomic mass is 9.44. The molecule has 1 spiro atoms. The van der Waals surface area contributed by atoms with Gasteiger partial charge in [0.05, 0.1) is 32.5 Å². The summed E-state index contributed by atoms with van der Waals surface area (Å²) in [6, 6.07) is 17.1. The molecule has 13 atom stereocenters. The number of hydrogen-bond donors (Lipinski definition) is 3. The monoisotopic (exact) mass is 1060 g/mol. The van der Waals surface area contributed by atoms with Crippen LogP contribution in [0.25, 0.3) is 0 Å². The van der Waals surface area contributed by atoms with E-state index in [2.05, 4.69) is 128 Å². The van der Waals surface area contributed by atoms with Crippen molar-refractivity contribution < 1.29 is 33.6 Å². The number of carbonyl (C=O) groups is 2. The molecule has 428 valence electrons. The van der Waals surface area contributed by atoms with Gasteiger partial charge in [0, 0.05) is 54.0 Å². The molecule has 9 aliphatic rings. The average molecular weight is 1060 g/mol. The largest absolute Gasteiger partial charge is 0.494 e. The van der Waals surface area contributed by atoms with Crippen LogP contribution in [0.5, 0.6) is 11.5 Å². The van der Waals surface area contributed by atoms with Crippen molar-refractivity contribution >= 4 is 11.6 Å². The fourth-order valence-corrected chi connectivity index (χ4v) is 19.1. The molecule has 3 N–H and O–H groups in total. The number of Topliss-reactive ketones (excluding diaryl/α,β-unsaturated/α-hetero) is 2. The van der Waals surface area contributed by atoms with Gasteiger partial charge in [-0.25, -0.2) is 0 Å². The molecule has 9 fully saturated rings. The smallest absolute Gasteiger partial charge is 0.168 e. The topological polar surface area (TPSA) is 115 Å². The molecule has 1 heterocycles. The molecule has 9 heteroatoms. The van der Waals surface area contributed by atoms with Gasteiger partial charge < -0.3 is 34.7 Å². The number of rotatable bonds is 16. The van der Waals surface area contributed by atoms with Gasteiger partial charge >= 0.3 is 0 Å². The maximum Gasteiger partial charge on any atom is 0.168 e. The highest BCUT2D eigenvalue weighted by atomic mass is 16.7. The van der Waals surface area contributed by atoms with Gasteiger partial charge in [0.2, 0.25) is 0 Å². The van der Waals surface area contributed by atoms with Crippen molar-refractivity contribution in [3.63, 3.8) is 0 Å². The Kier molecular flexibility index (Phi) is 16.8. The van der Waals surface area contributed by atoms with E-state index in [-0.39, 0.29) is 33.8 Å². The third kappa shape index (κ3) is 11.2. The minimum atomic E-state index is -0.299. The van der Waals surface area contributed by atoms with E-state index in [1.165, 1.54) is 56.1 Å². The van der Waals surface area contributed by atoms with Crippen LogP contribution in [0.4, 0.5) is 0 Å². The Labute approximate surface area is 466 Å². The first-order valence-corrected chi connectivity index (χ1v) is 31.6. The summed E-state index contributed by atoms with van der Waals surface area (Å²) in [4.78, 5) is 25.8. The van der Waals surface area contributed by atoms with E-state index in [9.17, 15) is 14.7 Å². The fraction of sp³-hybridized carbons (Fsp3) is 0.794. The Morgan fingerprint density at radius 2 is 1.19 bits per heavy atom.